The van der Waals surface area contributed by atoms with Crippen LogP contribution in [0, 0.1) is 0 Å². The molecule has 1 N–H and O–H groups in total. The first-order valence-corrected chi connectivity index (χ1v) is 4.75. The van der Waals surface area contributed by atoms with Gasteiger partial charge in [-0.3, -0.25) is 0 Å². The molecule has 3 heteroatoms. The Kier molecular flexibility index (Phi) is 4.13. The van der Waals surface area contributed by atoms with Crippen molar-refractivity contribution in [2.24, 2.45) is 0 Å². The highest BCUT2D eigenvalue weighted by Crippen LogP contribution is 2.14. The van der Waals surface area contributed by atoms with E-state index in [1.165, 1.54) is 0 Å². The van der Waals surface area contributed by atoms with Crippen molar-refractivity contribution in [1.29, 1.82) is 0 Å². The van der Waals surface area contributed by atoms with Crippen molar-refractivity contribution in [2.75, 3.05) is 11.9 Å². The first-order valence-electron chi connectivity index (χ1n) is 4.00. The number of para-hydroxylation sites is 1. The van der Waals surface area contributed by atoms with Gasteiger partial charge in [-0.15, -0.1) is 0 Å². The van der Waals surface area contributed by atoms with Gasteiger partial charge in [0.25, 0.3) is 0 Å². The van der Waals surface area contributed by atoms with Crippen molar-refractivity contribution in [1.82, 2.24) is 0 Å². The molecule has 0 saturated carbocycles. The summed E-state index contributed by atoms with van der Waals surface area (Å²) in [5, 5.41) is 3.20. The maximum Gasteiger partial charge on any atom is 0.107 e. The molecule has 1 aromatic rings. The highest BCUT2D eigenvalue weighted by molar-refractivity contribution is 6.56. The van der Waals surface area contributed by atoms with Crippen LogP contribution in [0.15, 0.2) is 40.4 Å². The standard InChI is InChI=1S/C10H11Cl2N/c1-8(10(11)12)7-13-9-5-3-2-4-6-9/h2-6,13H,7H2,1H3. The molecule has 70 valence electrons. The second-order valence-corrected chi connectivity index (χ2v) is 3.71. The van der Waals surface area contributed by atoms with Crippen LogP contribution in [0.5, 0.6) is 0 Å². The van der Waals surface area contributed by atoms with Gasteiger partial charge in [0.05, 0.1) is 0 Å². The Morgan fingerprint density at radius 3 is 2.38 bits per heavy atom. The zero-order valence-electron chi connectivity index (χ0n) is 7.35. The molecule has 13 heavy (non-hydrogen) atoms. The van der Waals surface area contributed by atoms with Crippen molar-refractivity contribution in [3.05, 3.63) is 40.4 Å². The average molecular weight is 216 g/mol. The average Bonchev–Trinajstić information content (AvgIpc) is 2.15. The van der Waals surface area contributed by atoms with Crippen molar-refractivity contribution in [2.45, 2.75) is 6.92 Å². The molecule has 0 aliphatic carbocycles. The van der Waals surface area contributed by atoms with Crippen LogP contribution in [0.25, 0.3) is 0 Å². The molecule has 0 radical (unpaired) electrons. The Morgan fingerprint density at radius 2 is 1.85 bits per heavy atom. The van der Waals surface area contributed by atoms with E-state index in [2.05, 4.69) is 5.32 Å². The Hall–Kier alpha value is -0.660. The summed E-state index contributed by atoms with van der Waals surface area (Å²) in [5.74, 6) is 0. The van der Waals surface area contributed by atoms with E-state index in [4.69, 9.17) is 23.2 Å². The molecule has 0 saturated heterocycles. The first-order chi connectivity index (χ1) is 6.20. The number of rotatable bonds is 3. The summed E-state index contributed by atoms with van der Waals surface area (Å²) >= 11 is 11.2. The smallest absolute Gasteiger partial charge is 0.107 e. The van der Waals surface area contributed by atoms with Crippen LogP contribution in [-0.2, 0) is 0 Å². The van der Waals surface area contributed by atoms with Gasteiger partial charge in [0.2, 0.25) is 0 Å². The largest absolute Gasteiger partial charge is 0.381 e. The molecule has 0 atom stereocenters. The summed E-state index contributed by atoms with van der Waals surface area (Å²) in [6, 6.07) is 9.92. The summed E-state index contributed by atoms with van der Waals surface area (Å²) in [5.41, 5.74) is 2.00. The van der Waals surface area contributed by atoms with E-state index >= 15 is 0 Å². The maximum absolute atomic E-state index is 5.60. The van der Waals surface area contributed by atoms with Crippen LogP contribution in [0.3, 0.4) is 0 Å². The predicted molar refractivity (Wildman–Crippen MR) is 59.3 cm³/mol. The monoisotopic (exact) mass is 215 g/mol. The van der Waals surface area contributed by atoms with Gasteiger partial charge >= 0.3 is 0 Å². The van der Waals surface area contributed by atoms with Gasteiger partial charge in [-0.25, -0.2) is 0 Å². The lowest BCUT2D eigenvalue weighted by Gasteiger charge is -2.05. The second kappa shape index (κ2) is 5.15. The first kappa shape index (κ1) is 10.4. The van der Waals surface area contributed by atoms with Gasteiger partial charge in [0.15, 0.2) is 0 Å². The molecule has 0 unspecified atom stereocenters. The molecule has 1 nitrogen and oxygen atoms in total. The van der Waals surface area contributed by atoms with Gasteiger partial charge < -0.3 is 5.32 Å². The van der Waals surface area contributed by atoms with Crippen LogP contribution in [-0.4, -0.2) is 6.54 Å². The molecule has 0 spiro atoms. The van der Waals surface area contributed by atoms with Gasteiger partial charge in [-0.1, -0.05) is 41.4 Å². The number of halogens is 2. The Morgan fingerprint density at radius 1 is 1.23 bits per heavy atom. The van der Waals surface area contributed by atoms with E-state index in [-0.39, 0.29) is 0 Å². The number of anilines is 1. The summed E-state index contributed by atoms with van der Waals surface area (Å²) in [6.07, 6.45) is 0. The fraction of sp³-hybridized carbons (Fsp3) is 0.200. The Labute approximate surface area is 88.4 Å². The SMILES string of the molecule is CC(CNc1ccccc1)=C(Cl)Cl. The minimum Gasteiger partial charge on any atom is -0.381 e. The molecule has 0 amide bonds. The van der Waals surface area contributed by atoms with Gasteiger partial charge in [0, 0.05) is 12.2 Å². The third-order valence-electron chi connectivity index (χ3n) is 1.65. The van der Waals surface area contributed by atoms with E-state index in [1.54, 1.807) is 0 Å². The summed E-state index contributed by atoms with van der Waals surface area (Å²) in [4.78, 5) is 0. The minimum absolute atomic E-state index is 0.337. The number of benzene rings is 1. The summed E-state index contributed by atoms with van der Waals surface area (Å²) < 4.78 is 0.337. The molecular formula is C10H11Cl2N. The minimum atomic E-state index is 0.337. The fourth-order valence-electron chi connectivity index (χ4n) is 0.857. The normalized spacial score (nSPS) is 9.46. The number of nitrogens with one attached hydrogen (secondary N) is 1. The molecule has 0 bridgehead atoms. The third kappa shape index (κ3) is 3.71. The predicted octanol–water partition coefficient (Wildman–Crippen LogP) is 3.81. The molecule has 0 aliphatic rings. The lowest BCUT2D eigenvalue weighted by atomic mass is 10.3. The van der Waals surface area contributed by atoms with Gasteiger partial charge in [-0.2, -0.15) is 0 Å². The second-order valence-electron chi connectivity index (χ2n) is 2.76. The van der Waals surface area contributed by atoms with Crippen LogP contribution in [0.4, 0.5) is 5.69 Å². The Balaban J connectivity index is 2.49. The van der Waals surface area contributed by atoms with Crippen LogP contribution in [0.1, 0.15) is 6.92 Å². The van der Waals surface area contributed by atoms with E-state index in [0.29, 0.717) is 11.0 Å². The van der Waals surface area contributed by atoms with E-state index in [9.17, 15) is 0 Å². The van der Waals surface area contributed by atoms with E-state index < -0.39 is 0 Å². The molecule has 0 heterocycles. The van der Waals surface area contributed by atoms with Gasteiger partial charge in [-0.05, 0) is 24.6 Å². The quantitative estimate of drug-likeness (QED) is 0.809. The Bertz CT molecular complexity index is 289. The van der Waals surface area contributed by atoms with Crippen LogP contribution < -0.4 is 5.32 Å². The van der Waals surface area contributed by atoms with E-state index in [1.807, 2.05) is 37.3 Å². The van der Waals surface area contributed by atoms with Gasteiger partial charge in [0.1, 0.15) is 4.49 Å². The molecular weight excluding hydrogens is 205 g/mol. The van der Waals surface area contributed by atoms with Crippen molar-refractivity contribution in [3.8, 4) is 0 Å². The maximum atomic E-state index is 5.60. The van der Waals surface area contributed by atoms with Crippen LogP contribution in [0.2, 0.25) is 0 Å². The lowest BCUT2D eigenvalue weighted by Crippen LogP contribution is -2.02. The summed E-state index contributed by atoms with van der Waals surface area (Å²) in [6.45, 7) is 2.57. The third-order valence-corrected chi connectivity index (χ3v) is 2.30. The van der Waals surface area contributed by atoms with Crippen molar-refractivity contribution in [3.63, 3.8) is 0 Å². The fourth-order valence-corrected chi connectivity index (χ4v) is 0.991. The molecule has 0 fully saturated rings. The number of hydrogen-bond acceptors (Lipinski definition) is 1. The molecule has 0 aliphatic heterocycles. The number of hydrogen-bond donors (Lipinski definition) is 1. The zero-order valence-corrected chi connectivity index (χ0v) is 8.86. The molecule has 0 aromatic heterocycles. The highest BCUT2D eigenvalue weighted by Gasteiger charge is 1.95. The molecule has 1 aromatic carbocycles. The molecule has 1 rings (SSSR count). The topological polar surface area (TPSA) is 12.0 Å². The lowest BCUT2D eigenvalue weighted by molar-refractivity contribution is 1.21. The van der Waals surface area contributed by atoms with Crippen molar-refractivity contribution >= 4 is 28.9 Å². The van der Waals surface area contributed by atoms with Crippen LogP contribution >= 0.6 is 23.2 Å². The highest BCUT2D eigenvalue weighted by atomic mass is 35.5. The zero-order chi connectivity index (χ0) is 9.68. The van der Waals surface area contributed by atoms with E-state index in [0.717, 1.165) is 11.3 Å². The van der Waals surface area contributed by atoms with Crippen molar-refractivity contribution < 1.29 is 0 Å². The summed E-state index contributed by atoms with van der Waals surface area (Å²) in [7, 11) is 0.